The minimum atomic E-state index is -2.79. The highest BCUT2D eigenvalue weighted by Gasteiger charge is 2.30. The standard InChI is InChI=1S/C12H19N3O2S/c13-10-2-1-4-15-11(10)7-14-12(15)6-9-3-5-18(16,17)8-9/h7,9-10H,1-6,8,13H2. The Morgan fingerprint density at radius 1 is 1.44 bits per heavy atom. The predicted octanol–water partition coefficient (Wildman–Crippen LogP) is 0.654. The Labute approximate surface area is 107 Å². The van der Waals surface area contributed by atoms with Gasteiger partial charge in [-0.2, -0.15) is 0 Å². The lowest BCUT2D eigenvalue weighted by atomic mass is 10.0. The Morgan fingerprint density at radius 3 is 3.00 bits per heavy atom. The van der Waals surface area contributed by atoms with Crippen molar-refractivity contribution in [3.63, 3.8) is 0 Å². The molecule has 6 heteroatoms. The van der Waals surface area contributed by atoms with Gasteiger partial charge in [-0.1, -0.05) is 0 Å². The van der Waals surface area contributed by atoms with Crippen LogP contribution in [0.5, 0.6) is 0 Å². The van der Waals surface area contributed by atoms with Crippen LogP contribution in [-0.2, 0) is 22.8 Å². The van der Waals surface area contributed by atoms with Crippen molar-refractivity contribution in [2.75, 3.05) is 11.5 Å². The SMILES string of the molecule is NC1CCCn2c1cnc2CC1CCS(=O)(=O)C1. The summed E-state index contributed by atoms with van der Waals surface area (Å²) in [6.45, 7) is 0.970. The Hall–Kier alpha value is -0.880. The first-order chi connectivity index (χ1) is 8.55. The number of hydrogen-bond acceptors (Lipinski definition) is 4. The number of sulfone groups is 1. The molecule has 3 rings (SSSR count). The van der Waals surface area contributed by atoms with E-state index in [1.54, 1.807) is 0 Å². The average Bonchev–Trinajstić information content (AvgIpc) is 2.85. The molecule has 0 aliphatic carbocycles. The van der Waals surface area contributed by atoms with Gasteiger partial charge in [0, 0.05) is 19.0 Å². The number of fused-ring (bicyclic) bond motifs is 1. The Bertz CT molecular complexity index is 550. The third-order valence-corrected chi connectivity index (χ3v) is 5.88. The van der Waals surface area contributed by atoms with Gasteiger partial charge in [-0.05, 0) is 25.2 Å². The van der Waals surface area contributed by atoms with Crippen LogP contribution in [0.2, 0.25) is 0 Å². The lowest BCUT2D eigenvalue weighted by molar-refractivity contribution is 0.440. The first-order valence-corrected chi connectivity index (χ1v) is 8.37. The topological polar surface area (TPSA) is 78.0 Å². The van der Waals surface area contributed by atoms with E-state index in [2.05, 4.69) is 9.55 Å². The summed E-state index contributed by atoms with van der Waals surface area (Å²) >= 11 is 0. The van der Waals surface area contributed by atoms with Gasteiger partial charge in [0.25, 0.3) is 0 Å². The Kier molecular flexibility index (Phi) is 2.94. The van der Waals surface area contributed by atoms with Crippen molar-refractivity contribution in [2.24, 2.45) is 11.7 Å². The summed E-state index contributed by atoms with van der Waals surface area (Å²) in [5.41, 5.74) is 7.16. The lowest BCUT2D eigenvalue weighted by Crippen LogP contribution is -2.23. The zero-order valence-corrected chi connectivity index (χ0v) is 11.2. The van der Waals surface area contributed by atoms with E-state index in [-0.39, 0.29) is 12.0 Å². The van der Waals surface area contributed by atoms with Crippen LogP contribution in [0.3, 0.4) is 0 Å². The highest BCUT2D eigenvalue weighted by Crippen LogP contribution is 2.27. The van der Waals surface area contributed by atoms with Crippen LogP contribution in [0.4, 0.5) is 0 Å². The summed E-state index contributed by atoms with van der Waals surface area (Å²) in [6.07, 6.45) is 5.51. The van der Waals surface area contributed by atoms with Crippen LogP contribution in [0.1, 0.15) is 36.8 Å². The number of aromatic nitrogens is 2. The summed E-state index contributed by atoms with van der Waals surface area (Å²) < 4.78 is 25.1. The molecule has 1 fully saturated rings. The van der Waals surface area contributed by atoms with E-state index in [0.717, 1.165) is 43.7 Å². The maximum Gasteiger partial charge on any atom is 0.150 e. The van der Waals surface area contributed by atoms with Crippen molar-refractivity contribution >= 4 is 9.84 Å². The molecule has 0 bridgehead atoms. The van der Waals surface area contributed by atoms with Gasteiger partial charge in [0.15, 0.2) is 9.84 Å². The van der Waals surface area contributed by atoms with E-state index in [4.69, 9.17) is 5.73 Å². The molecular formula is C12H19N3O2S. The van der Waals surface area contributed by atoms with Crippen molar-refractivity contribution in [3.8, 4) is 0 Å². The van der Waals surface area contributed by atoms with Crippen molar-refractivity contribution in [3.05, 3.63) is 17.7 Å². The van der Waals surface area contributed by atoms with Crippen LogP contribution in [0.15, 0.2) is 6.20 Å². The predicted molar refractivity (Wildman–Crippen MR) is 68.9 cm³/mol. The Morgan fingerprint density at radius 2 is 2.28 bits per heavy atom. The largest absolute Gasteiger partial charge is 0.331 e. The molecule has 100 valence electrons. The quantitative estimate of drug-likeness (QED) is 0.855. The first-order valence-electron chi connectivity index (χ1n) is 6.55. The van der Waals surface area contributed by atoms with E-state index in [1.165, 1.54) is 0 Å². The number of rotatable bonds is 2. The van der Waals surface area contributed by atoms with Gasteiger partial charge in [-0.25, -0.2) is 13.4 Å². The normalized spacial score (nSPS) is 30.3. The smallest absolute Gasteiger partial charge is 0.150 e. The molecule has 2 N–H and O–H groups in total. The summed E-state index contributed by atoms with van der Waals surface area (Å²) in [7, 11) is -2.79. The molecule has 0 saturated carbocycles. The second-order valence-electron chi connectivity index (χ2n) is 5.47. The molecule has 1 aromatic rings. The molecule has 2 unspecified atom stereocenters. The number of imidazole rings is 1. The summed E-state index contributed by atoms with van der Waals surface area (Å²) in [5, 5.41) is 0. The Balaban J connectivity index is 1.78. The van der Waals surface area contributed by atoms with Crippen LogP contribution >= 0.6 is 0 Å². The molecule has 2 aliphatic heterocycles. The van der Waals surface area contributed by atoms with Gasteiger partial charge in [0.05, 0.1) is 23.4 Å². The van der Waals surface area contributed by atoms with E-state index in [1.807, 2.05) is 6.20 Å². The number of nitrogens with zero attached hydrogens (tertiary/aromatic N) is 2. The molecule has 5 nitrogen and oxygen atoms in total. The maximum absolute atomic E-state index is 11.5. The second kappa shape index (κ2) is 4.35. The molecule has 0 amide bonds. The monoisotopic (exact) mass is 269 g/mol. The summed E-state index contributed by atoms with van der Waals surface area (Å²) in [4.78, 5) is 4.45. The summed E-state index contributed by atoms with van der Waals surface area (Å²) in [5.74, 6) is 1.91. The number of nitrogens with two attached hydrogens (primary N) is 1. The van der Waals surface area contributed by atoms with Crippen molar-refractivity contribution in [2.45, 2.75) is 38.3 Å². The molecule has 18 heavy (non-hydrogen) atoms. The van der Waals surface area contributed by atoms with Gasteiger partial charge >= 0.3 is 0 Å². The summed E-state index contributed by atoms with van der Waals surface area (Å²) in [6, 6.07) is 0.0901. The second-order valence-corrected chi connectivity index (χ2v) is 7.70. The fraction of sp³-hybridized carbons (Fsp3) is 0.750. The highest BCUT2D eigenvalue weighted by molar-refractivity contribution is 7.91. The molecule has 1 saturated heterocycles. The molecule has 1 aromatic heterocycles. The minimum Gasteiger partial charge on any atom is -0.331 e. The minimum absolute atomic E-state index is 0.0901. The van der Waals surface area contributed by atoms with Crippen LogP contribution in [-0.4, -0.2) is 29.5 Å². The molecular weight excluding hydrogens is 250 g/mol. The molecule has 2 aliphatic rings. The fourth-order valence-corrected chi connectivity index (χ4v) is 4.92. The van der Waals surface area contributed by atoms with Gasteiger partial charge in [-0.15, -0.1) is 0 Å². The van der Waals surface area contributed by atoms with Crippen molar-refractivity contribution in [1.29, 1.82) is 0 Å². The van der Waals surface area contributed by atoms with Gasteiger partial charge in [-0.3, -0.25) is 0 Å². The molecule has 0 radical (unpaired) electrons. The van der Waals surface area contributed by atoms with Gasteiger partial charge in [0.2, 0.25) is 0 Å². The third-order valence-electron chi connectivity index (χ3n) is 4.04. The van der Waals surface area contributed by atoms with E-state index >= 15 is 0 Å². The zero-order valence-electron chi connectivity index (χ0n) is 10.4. The lowest BCUT2D eigenvalue weighted by Gasteiger charge is -2.22. The van der Waals surface area contributed by atoms with Gasteiger partial charge < -0.3 is 10.3 Å². The molecule has 2 atom stereocenters. The van der Waals surface area contributed by atoms with Crippen molar-refractivity contribution < 1.29 is 8.42 Å². The van der Waals surface area contributed by atoms with Crippen LogP contribution in [0.25, 0.3) is 0 Å². The van der Waals surface area contributed by atoms with E-state index in [9.17, 15) is 8.42 Å². The van der Waals surface area contributed by atoms with E-state index < -0.39 is 9.84 Å². The zero-order chi connectivity index (χ0) is 12.8. The fourth-order valence-electron chi connectivity index (χ4n) is 3.05. The van der Waals surface area contributed by atoms with Gasteiger partial charge in [0.1, 0.15) is 5.82 Å². The van der Waals surface area contributed by atoms with Crippen molar-refractivity contribution in [1.82, 2.24) is 9.55 Å². The van der Waals surface area contributed by atoms with E-state index in [0.29, 0.717) is 11.5 Å². The molecule has 0 spiro atoms. The molecule has 3 heterocycles. The maximum atomic E-state index is 11.5. The third kappa shape index (κ3) is 2.19. The average molecular weight is 269 g/mol. The highest BCUT2D eigenvalue weighted by atomic mass is 32.2. The van der Waals surface area contributed by atoms with Crippen LogP contribution < -0.4 is 5.73 Å². The van der Waals surface area contributed by atoms with Crippen LogP contribution in [0, 0.1) is 5.92 Å². The molecule has 0 aromatic carbocycles. The first kappa shape index (κ1) is 12.2. The number of hydrogen-bond donors (Lipinski definition) is 1.